The highest BCUT2D eigenvalue weighted by molar-refractivity contribution is 5.44. The molecule has 0 fully saturated rings. The molecular formula is C24H32N2O3. The molecule has 0 radical (unpaired) electrons. The standard InChI is InChI=1S/C24H32N2O3/c1-6-20(10-7-8-16-25-2)21-11-9-12-24(26(21)3)29-17-15-19-13-14-22(27-4)23(18-19)28-5/h6-14,16,18,24-25H,15,17H2,1-5H3/b10-7-,16-8+,20-6+. The Kier molecular flexibility index (Phi) is 9.12. The Bertz CT molecular complexity index is 806. The molecule has 1 heterocycles. The maximum absolute atomic E-state index is 6.15. The number of ether oxygens (including phenoxy) is 3. The molecule has 0 saturated carbocycles. The van der Waals surface area contributed by atoms with Gasteiger partial charge in [0, 0.05) is 19.8 Å². The fourth-order valence-electron chi connectivity index (χ4n) is 3.07. The molecule has 1 aliphatic rings. The first-order chi connectivity index (χ1) is 14.1. The van der Waals surface area contributed by atoms with Crippen LogP contribution >= 0.6 is 0 Å². The second kappa shape index (κ2) is 11.8. The van der Waals surface area contributed by atoms with Crippen molar-refractivity contribution in [2.75, 3.05) is 34.9 Å². The number of allylic oxidation sites excluding steroid dienone is 6. The first kappa shape index (κ1) is 22.4. The van der Waals surface area contributed by atoms with Crippen molar-refractivity contribution in [3.63, 3.8) is 0 Å². The Hall–Kier alpha value is -2.92. The second-order valence-corrected chi connectivity index (χ2v) is 6.50. The van der Waals surface area contributed by atoms with Gasteiger partial charge < -0.3 is 24.4 Å². The summed E-state index contributed by atoms with van der Waals surface area (Å²) in [7, 11) is 7.22. The van der Waals surface area contributed by atoms with Crippen LogP contribution in [0.1, 0.15) is 12.5 Å². The van der Waals surface area contributed by atoms with E-state index in [-0.39, 0.29) is 6.23 Å². The maximum Gasteiger partial charge on any atom is 0.160 e. The smallest absolute Gasteiger partial charge is 0.160 e. The molecule has 0 amide bonds. The third kappa shape index (κ3) is 6.29. The van der Waals surface area contributed by atoms with Gasteiger partial charge in [0.15, 0.2) is 11.5 Å². The Balaban J connectivity index is 1.96. The van der Waals surface area contributed by atoms with E-state index in [1.54, 1.807) is 14.2 Å². The molecule has 1 aromatic rings. The van der Waals surface area contributed by atoms with Gasteiger partial charge in [0.1, 0.15) is 6.23 Å². The summed E-state index contributed by atoms with van der Waals surface area (Å²) >= 11 is 0. The number of hydrogen-bond donors (Lipinski definition) is 1. The minimum absolute atomic E-state index is 0.105. The van der Waals surface area contributed by atoms with E-state index in [2.05, 4.69) is 47.6 Å². The lowest BCUT2D eigenvalue weighted by molar-refractivity contribution is 0.00307. The topological polar surface area (TPSA) is 43.0 Å². The van der Waals surface area contributed by atoms with Crippen LogP contribution in [-0.2, 0) is 11.2 Å². The molecule has 1 atom stereocenters. The normalized spacial score (nSPS) is 17.1. The molecule has 0 spiro atoms. The van der Waals surface area contributed by atoms with Gasteiger partial charge >= 0.3 is 0 Å². The van der Waals surface area contributed by atoms with Crippen molar-refractivity contribution in [3.8, 4) is 11.5 Å². The van der Waals surface area contributed by atoms with Crippen LogP contribution in [0.5, 0.6) is 11.5 Å². The zero-order chi connectivity index (χ0) is 21.1. The summed E-state index contributed by atoms with van der Waals surface area (Å²) in [6.07, 6.45) is 17.0. The summed E-state index contributed by atoms with van der Waals surface area (Å²) in [5.41, 5.74) is 3.42. The van der Waals surface area contributed by atoms with Crippen molar-refractivity contribution in [2.45, 2.75) is 19.6 Å². The molecule has 5 nitrogen and oxygen atoms in total. The van der Waals surface area contributed by atoms with Gasteiger partial charge in [-0.25, -0.2) is 0 Å². The van der Waals surface area contributed by atoms with Crippen LogP contribution in [0, 0.1) is 0 Å². The highest BCUT2D eigenvalue weighted by atomic mass is 16.5. The fraction of sp³-hybridized carbons (Fsp3) is 0.333. The second-order valence-electron chi connectivity index (χ2n) is 6.50. The van der Waals surface area contributed by atoms with Gasteiger partial charge in [0.2, 0.25) is 0 Å². The molecule has 0 saturated heterocycles. The summed E-state index contributed by atoms with van der Waals surface area (Å²) in [5.74, 6) is 1.47. The zero-order valence-electron chi connectivity index (χ0n) is 18.0. The molecule has 1 aromatic carbocycles. The predicted molar refractivity (Wildman–Crippen MR) is 119 cm³/mol. The first-order valence-electron chi connectivity index (χ1n) is 9.75. The Morgan fingerprint density at radius 1 is 1.17 bits per heavy atom. The number of rotatable bonds is 10. The van der Waals surface area contributed by atoms with E-state index in [0.29, 0.717) is 6.61 Å². The van der Waals surface area contributed by atoms with Crippen molar-refractivity contribution in [1.29, 1.82) is 0 Å². The quantitative estimate of drug-likeness (QED) is 0.600. The van der Waals surface area contributed by atoms with Crippen LogP contribution < -0.4 is 14.8 Å². The van der Waals surface area contributed by atoms with Gasteiger partial charge in [0.05, 0.1) is 20.8 Å². The third-order valence-corrected chi connectivity index (χ3v) is 4.68. The fourth-order valence-corrected chi connectivity index (χ4v) is 3.07. The van der Waals surface area contributed by atoms with E-state index in [9.17, 15) is 0 Å². The molecule has 2 rings (SSSR count). The molecule has 156 valence electrons. The predicted octanol–water partition coefficient (Wildman–Crippen LogP) is 4.21. The van der Waals surface area contributed by atoms with Crippen molar-refractivity contribution in [3.05, 3.63) is 83.8 Å². The van der Waals surface area contributed by atoms with Crippen molar-refractivity contribution >= 4 is 0 Å². The molecular weight excluding hydrogens is 364 g/mol. The van der Waals surface area contributed by atoms with Crippen molar-refractivity contribution in [2.24, 2.45) is 0 Å². The van der Waals surface area contributed by atoms with Gasteiger partial charge in [-0.2, -0.15) is 0 Å². The number of nitrogens with zero attached hydrogens (tertiary/aromatic N) is 1. The maximum atomic E-state index is 6.15. The van der Waals surface area contributed by atoms with Crippen molar-refractivity contribution in [1.82, 2.24) is 10.2 Å². The summed E-state index contributed by atoms with van der Waals surface area (Å²) in [4.78, 5) is 2.15. The lowest BCUT2D eigenvalue weighted by Gasteiger charge is -2.32. The highest BCUT2D eigenvalue weighted by Gasteiger charge is 2.19. The average Bonchev–Trinajstić information content (AvgIpc) is 2.75. The molecule has 0 aromatic heterocycles. The Morgan fingerprint density at radius 2 is 1.97 bits per heavy atom. The SMILES string of the molecule is C\C=C(/C=C\C=C\NC)C1=CC=CC(OCCc2ccc(OC)c(OC)c2)N1C. The van der Waals surface area contributed by atoms with Gasteiger partial charge in [-0.05, 0) is 61.0 Å². The molecule has 29 heavy (non-hydrogen) atoms. The lowest BCUT2D eigenvalue weighted by Crippen LogP contribution is -2.34. The molecule has 0 bridgehead atoms. The summed E-state index contributed by atoms with van der Waals surface area (Å²) in [6, 6.07) is 5.96. The third-order valence-electron chi connectivity index (χ3n) is 4.68. The van der Waals surface area contributed by atoms with E-state index in [1.165, 1.54) is 0 Å². The molecule has 1 N–H and O–H groups in total. The van der Waals surface area contributed by atoms with E-state index < -0.39 is 0 Å². The monoisotopic (exact) mass is 396 g/mol. The van der Waals surface area contributed by atoms with Crippen LogP contribution in [0.3, 0.4) is 0 Å². The van der Waals surface area contributed by atoms with Gasteiger partial charge in [0.25, 0.3) is 0 Å². The Morgan fingerprint density at radius 3 is 2.66 bits per heavy atom. The van der Waals surface area contributed by atoms with Crippen LogP contribution in [0.2, 0.25) is 0 Å². The number of nitrogens with one attached hydrogen (secondary N) is 1. The Labute approximate surface area is 174 Å². The summed E-state index contributed by atoms with van der Waals surface area (Å²) < 4.78 is 16.8. The average molecular weight is 397 g/mol. The summed E-state index contributed by atoms with van der Waals surface area (Å²) in [6.45, 7) is 2.65. The molecule has 1 unspecified atom stereocenters. The van der Waals surface area contributed by atoms with Crippen LogP contribution in [0.4, 0.5) is 0 Å². The molecule has 1 aliphatic heterocycles. The van der Waals surface area contributed by atoms with E-state index in [4.69, 9.17) is 14.2 Å². The highest BCUT2D eigenvalue weighted by Crippen LogP contribution is 2.28. The largest absolute Gasteiger partial charge is 0.493 e. The minimum atomic E-state index is -0.105. The number of methoxy groups -OCH3 is 2. The van der Waals surface area contributed by atoms with E-state index in [0.717, 1.165) is 34.8 Å². The van der Waals surface area contributed by atoms with Crippen LogP contribution in [0.15, 0.2) is 78.2 Å². The van der Waals surface area contributed by atoms with E-state index in [1.807, 2.05) is 50.5 Å². The zero-order valence-corrected chi connectivity index (χ0v) is 18.0. The molecule has 5 heteroatoms. The van der Waals surface area contributed by atoms with Crippen LogP contribution in [0.25, 0.3) is 0 Å². The van der Waals surface area contributed by atoms with Crippen LogP contribution in [-0.4, -0.2) is 46.0 Å². The lowest BCUT2D eigenvalue weighted by atomic mass is 10.1. The van der Waals surface area contributed by atoms with Gasteiger partial charge in [-0.15, -0.1) is 0 Å². The van der Waals surface area contributed by atoms with Gasteiger partial charge in [-0.3, -0.25) is 0 Å². The number of benzene rings is 1. The van der Waals surface area contributed by atoms with Crippen molar-refractivity contribution < 1.29 is 14.2 Å². The number of likely N-dealkylation sites (N-methyl/N-ethyl adjacent to an activating group) is 1. The molecule has 0 aliphatic carbocycles. The van der Waals surface area contributed by atoms with E-state index >= 15 is 0 Å². The minimum Gasteiger partial charge on any atom is -0.493 e. The summed E-state index contributed by atoms with van der Waals surface area (Å²) in [5, 5.41) is 2.98. The van der Waals surface area contributed by atoms with Gasteiger partial charge in [-0.1, -0.05) is 30.4 Å². The first-order valence-corrected chi connectivity index (χ1v) is 9.75. The number of hydrogen-bond acceptors (Lipinski definition) is 5.